The molecule has 0 amide bonds. The molecule has 0 aliphatic rings. The number of aromatic nitrogens is 3. The Balaban J connectivity index is 3.02. The van der Waals surface area contributed by atoms with Crippen molar-refractivity contribution in [2.24, 2.45) is 5.92 Å². The Hall–Kier alpha value is -2.16. The van der Waals surface area contributed by atoms with Gasteiger partial charge in [-0.15, -0.1) is 0 Å². The molecule has 0 aliphatic carbocycles. The molecule has 1 aromatic rings. The lowest BCUT2D eigenvalue weighted by Gasteiger charge is -2.19. The minimum atomic E-state index is -0.973. The number of hydrogen-bond acceptors (Lipinski definition) is 8. The van der Waals surface area contributed by atoms with E-state index in [0.717, 1.165) is 0 Å². The van der Waals surface area contributed by atoms with Crippen molar-refractivity contribution in [3.05, 3.63) is 0 Å². The monoisotopic (exact) mass is 312 g/mol. The Morgan fingerprint density at radius 3 is 2.05 bits per heavy atom. The highest BCUT2D eigenvalue weighted by Gasteiger charge is 2.22. The predicted molar refractivity (Wildman–Crippen MR) is 84.0 cm³/mol. The number of aliphatic hydroxyl groups is 1. The van der Waals surface area contributed by atoms with Crippen LogP contribution in [0, 0.1) is 5.92 Å². The quantitative estimate of drug-likeness (QED) is 0.445. The summed E-state index contributed by atoms with van der Waals surface area (Å²) in [5.74, 6) is -0.341. The molecule has 22 heavy (non-hydrogen) atoms. The van der Waals surface area contributed by atoms with Gasteiger partial charge in [0.1, 0.15) is 6.04 Å². The van der Waals surface area contributed by atoms with Crippen LogP contribution in [0.4, 0.5) is 17.8 Å². The molecule has 5 N–H and O–H groups in total. The lowest BCUT2D eigenvalue weighted by molar-refractivity contribution is -0.138. The van der Waals surface area contributed by atoms with Crippen LogP contribution in [-0.4, -0.2) is 56.4 Å². The van der Waals surface area contributed by atoms with Gasteiger partial charge in [-0.3, -0.25) is 0 Å². The van der Waals surface area contributed by atoms with Crippen molar-refractivity contribution in [2.45, 2.75) is 39.8 Å². The summed E-state index contributed by atoms with van der Waals surface area (Å²) in [7, 11) is 0. The van der Waals surface area contributed by atoms with Crippen molar-refractivity contribution >= 4 is 23.8 Å². The van der Waals surface area contributed by atoms with Gasteiger partial charge in [0.05, 0.1) is 6.61 Å². The second-order valence-electron chi connectivity index (χ2n) is 5.46. The standard InChI is InChI=1S/C13H24N6O3/c1-7(2)9(10(21)22)16-13-18-11(14-5-6-20)17-12(19-13)15-8(3)4/h7-9,20H,5-6H2,1-4H3,(H,21,22)(H3,14,15,16,17,18,19)/t9-/m1/s1. The minimum Gasteiger partial charge on any atom is -0.480 e. The molecule has 1 rings (SSSR count). The van der Waals surface area contributed by atoms with E-state index in [1.807, 2.05) is 13.8 Å². The summed E-state index contributed by atoms with van der Waals surface area (Å²) in [4.78, 5) is 23.7. The van der Waals surface area contributed by atoms with Crippen molar-refractivity contribution < 1.29 is 15.0 Å². The summed E-state index contributed by atoms with van der Waals surface area (Å²) in [6.07, 6.45) is 0. The molecule has 0 bridgehead atoms. The van der Waals surface area contributed by atoms with Gasteiger partial charge in [-0.25, -0.2) is 4.79 Å². The Morgan fingerprint density at radius 1 is 1.05 bits per heavy atom. The van der Waals surface area contributed by atoms with Gasteiger partial charge in [0.25, 0.3) is 0 Å². The van der Waals surface area contributed by atoms with Gasteiger partial charge in [-0.05, 0) is 19.8 Å². The first-order chi connectivity index (χ1) is 10.3. The zero-order valence-electron chi connectivity index (χ0n) is 13.3. The maximum Gasteiger partial charge on any atom is 0.326 e. The predicted octanol–water partition coefficient (Wildman–Crippen LogP) is 0.617. The Bertz CT molecular complexity index is 495. The molecule has 0 aliphatic heterocycles. The Labute approximate surface area is 129 Å². The number of carboxylic acids is 1. The first-order valence-electron chi connectivity index (χ1n) is 7.20. The molecular weight excluding hydrogens is 288 g/mol. The van der Waals surface area contributed by atoms with Crippen LogP contribution < -0.4 is 16.0 Å². The third-order valence-electron chi connectivity index (χ3n) is 2.67. The van der Waals surface area contributed by atoms with Gasteiger partial charge < -0.3 is 26.2 Å². The first kappa shape index (κ1) is 17.9. The summed E-state index contributed by atoms with van der Waals surface area (Å²) >= 11 is 0. The van der Waals surface area contributed by atoms with E-state index in [9.17, 15) is 9.90 Å². The molecule has 1 aromatic heterocycles. The first-order valence-corrected chi connectivity index (χ1v) is 7.20. The lowest BCUT2D eigenvalue weighted by atomic mass is 10.1. The van der Waals surface area contributed by atoms with Crippen LogP contribution in [0.15, 0.2) is 0 Å². The maximum absolute atomic E-state index is 11.3. The topological polar surface area (TPSA) is 132 Å². The molecule has 0 aromatic carbocycles. The zero-order chi connectivity index (χ0) is 16.7. The summed E-state index contributed by atoms with van der Waals surface area (Å²) in [6.45, 7) is 7.69. The van der Waals surface area contributed by atoms with Crippen LogP contribution in [0.1, 0.15) is 27.7 Å². The largest absolute Gasteiger partial charge is 0.480 e. The number of anilines is 3. The molecule has 0 spiro atoms. The van der Waals surface area contributed by atoms with Gasteiger partial charge in [0.15, 0.2) is 0 Å². The zero-order valence-corrected chi connectivity index (χ0v) is 13.3. The summed E-state index contributed by atoms with van der Waals surface area (Å²) < 4.78 is 0. The molecular formula is C13H24N6O3. The number of carboxylic acid groups (broad SMARTS) is 1. The van der Waals surface area contributed by atoms with E-state index in [2.05, 4.69) is 30.9 Å². The fourth-order valence-electron chi connectivity index (χ4n) is 1.66. The van der Waals surface area contributed by atoms with Crippen LogP contribution in [0.5, 0.6) is 0 Å². The SMILES string of the molecule is CC(C)Nc1nc(NCCO)nc(N[C@@H](C(=O)O)C(C)C)n1. The van der Waals surface area contributed by atoms with E-state index in [1.165, 1.54) is 0 Å². The lowest BCUT2D eigenvalue weighted by Crippen LogP contribution is -2.35. The second-order valence-corrected chi connectivity index (χ2v) is 5.46. The molecule has 0 radical (unpaired) electrons. The smallest absolute Gasteiger partial charge is 0.326 e. The molecule has 124 valence electrons. The van der Waals surface area contributed by atoms with E-state index >= 15 is 0 Å². The molecule has 1 atom stereocenters. The van der Waals surface area contributed by atoms with Crippen LogP contribution in [0.3, 0.4) is 0 Å². The van der Waals surface area contributed by atoms with Crippen LogP contribution in [-0.2, 0) is 4.79 Å². The van der Waals surface area contributed by atoms with Crippen molar-refractivity contribution in [2.75, 3.05) is 29.1 Å². The number of nitrogens with zero attached hydrogens (tertiary/aromatic N) is 3. The molecule has 9 heteroatoms. The van der Waals surface area contributed by atoms with Crippen molar-refractivity contribution in [1.29, 1.82) is 0 Å². The van der Waals surface area contributed by atoms with E-state index < -0.39 is 12.0 Å². The second kappa shape index (κ2) is 8.32. The fraction of sp³-hybridized carbons (Fsp3) is 0.692. The van der Waals surface area contributed by atoms with Crippen molar-refractivity contribution in [3.8, 4) is 0 Å². The van der Waals surface area contributed by atoms with E-state index in [1.54, 1.807) is 13.8 Å². The number of carbonyl (C=O) groups is 1. The van der Waals surface area contributed by atoms with Crippen molar-refractivity contribution in [1.82, 2.24) is 15.0 Å². The van der Waals surface area contributed by atoms with E-state index in [0.29, 0.717) is 5.95 Å². The highest BCUT2D eigenvalue weighted by atomic mass is 16.4. The highest BCUT2D eigenvalue weighted by molar-refractivity contribution is 5.77. The number of aliphatic hydroxyl groups excluding tert-OH is 1. The van der Waals surface area contributed by atoms with Crippen LogP contribution in [0.25, 0.3) is 0 Å². The average Bonchev–Trinajstić information content (AvgIpc) is 2.41. The Kier molecular flexibility index (Phi) is 6.77. The summed E-state index contributed by atoms with van der Waals surface area (Å²) in [5.41, 5.74) is 0. The van der Waals surface area contributed by atoms with E-state index in [-0.39, 0.29) is 37.0 Å². The normalized spacial score (nSPS) is 12.3. The molecule has 9 nitrogen and oxygen atoms in total. The van der Waals surface area contributed by atoms with Crippen LogP contribution >= 0.6 is 0 Å². The van der Waals surface area contributed by atoms with Gasteiger partial charge in [0.2, 0.25) is 17.8 Å². The van der Waals surface area contributed by atoms with E-state index in [4.69, 9.17) is 5.11 Å². The van der Waals surface area contributed by atoms with Crippen LogP contribution in [0.2, 0.25) is 0 Å². The molecule has 0 fully saturated rings. The molecule has 0 saturated carbocycles. The number of rotatable bonds is 9. The third kappa shape index (κ3) is 5.68. The minimum absolute atomic E-state index is 0.0644. The molecule has 1 heterocycles. The number of nitrogens with one attached hydrogen (secondary N) is 3. The van der Waals surface area contributed by atoms with Gasteiger partial charge in [-0.2, -0.15) is 15.0 Å². The summed E-state index contributed by atoms with van der Waals surface area (Å²) in [5, 5.41) is 26.8. The fourth-order valence-corrected chi connectivity index (χ4v) is 1.66. The highest BCUT2D eigenvalue weighted by Crippen LogP contribution is 2.14. The van der Waals surface area contributed by atoms with Gasteiger partial charge >= 0.3 is 5.97 Å². The van der Waals surface area contributed by atoms with Gasteiger partial charge in [0, 0.05) is 12.6 Å². The Morgan fingerprint density at radius 2 is 1.59 bits per heavy atom. The van der Waals surface area contributed by atoms with Crippen molar-refractivity contribution in [3.63, 3.8) is 0 Å². The number of aliphatic carboxylic acids is 1. The summed E-state index contributed by atoms with van der Waals surface area (Å²) in [6, 6.07) is -0.693. The van der Waals surface area contributed by atoms with Gasteiger partial charge in [-0.1, -0.05) is 13.8 Å². The number of hydrogen-bond donors (Lipinski definition) is 5. The molecule has 0 unspecified atom stereocenters. The maximum atomic E-state index is 11.3. The molecule has 0 saturated heterocycles. The third-order valence-corrected chi connectivity index (χ3v) is 2.67. The average molecular weight is 312 g/mol.